The molecule has 2 fully saturated rings. The summed E-state index contributed by atoms with van der Waals surface area (Å²) in [6.45, 7) is 0.779. The number of rotatable bonds is 6. The first-order valence-electron chi connectivity index (χ1n) is 10.7. The minimum atomic E-state index is -0.735. The molecule has 3 heterocycles. The summed E-state index contributed by atoms with van der Waals surface area (Å²) in [5.74, 6) is -1.86. The summed E-state index contributed by atoms with van der Waals surface area (Å²) in [4.78, 5) is 44.0. The van der Waals surface area contributed by atoms with E-state index in [9.17, 15) is 14.4 Å². The van der Waals surface area contributed by atoms with Gasteiger partial charge in [0.1, 0.15) is 6.04 Å². The van der Waals surface area contributed by atoms with Crippen LogP contribution in [-0.2, 0) is 14.3 Å². The molecule has 2 aromatic rings. The Morgan fingerprint density at radius 3 is 2.56 bits per heavy atom. The normalized spacial score (nSPS) is 25.7. The van der Waals surface area contributed by atoms with Gasteiger partial charge in [0.2, 0.25) is 11.8 Å². The van der Waals surface area contributed by atoms with E-state index in [1.807, 2.05) is 53.5 Å². The van der Waals surface area contributed by atoms with E-state index in [0.717, 1.165) is 15.7 Å². The van der Waals surface area contributed by atoms with Crippen molar-refractivity contribution in [3.63, 3.8) is 0 Å². The minimum Gasteiger partial charge on any atom is -0.385 e. The molecule has 32 heavy (non-hydrogen) atoms. The number of methoxy groups -OCH3 is 1. The van der Waals surface area contributed by atoms with Crippen LogP contribution in [0, 0.1) is 11.8 Å². The molecule has 0 bridgehead atoms. The molecule has 0 spiro atoms. The van der Waals surface area contributed by atoms with Gasteiger partial charge < -0.3 is 9.64 Å². The van der Waals surface area contributed by atoms with Crippen LogP contribution in [0.25, 0.3) is 6.08 Å². The SMILES string of the molecule is COCCCN1C(=O)[C@@H]2[C@H](C1=O)[C@@H]1C=Cc3cc(Br)ccc3N1[C@@H]2C(=O)c1ccccc1. The molecule has 0 saturated carbocycles. The second kappa shape index (κ2) is 8.30. The van der Waals surface area contributed by atoms with Crippen molar-refractivity contribution >= 4 is 45.3 Å². The van der Waals surface area contributed by atoms with E-state index >= 15 is 0 Å². The maximum absolute atomic E-state index is 13.8. The number of imide groups is 1. The molecule has 0 N–H and O–H groups in total. The van der Waals surface area contributed by atoms with Gasteiger partial charge in [-0.15, -0.1) is 0 Å². The van der Waals surface area contributed by atoms with E-state index in [1.165, 1.54) is 4.90 Å². The van der Waals surface area contributed by atoms with Gasteiger partial charge in [0, 0.05) is 36.0 Å². The van der Waals surface area contributed by atoms with Crippen LogP contribution >= 0.6 is 15.9 Å². The Balaban J connectivity index is 1.59. The molecular weight excluding hydrogens is 472 g/mol. The van der Waals surface area contributed by atoms with Gasteiger partial charge in [-0.05, 0) is 30.2 Å². The first-order chi connectivity index (χ1) is 15.5. The number of benzene rings is 2. The Bertz CT molecular complexity index is 1120. The summed E-state index contributed by atoms with van der Waals surface area (Å²) in [6, 6.07) is 13.8. The van der Waals surface area contributed by atoms with Gasteiger partial charge in [-0.3, -0.25) is 19.3 Å². The monoisotopic (exact) mass is 494 g/mol. The van der Waals surface area contributed by atoms with E-state index in [0.29, 0.717) is 25.1 Å². The molecule has 3 aliphatic heterocycles. The smallest absolute Gasteiger partial charge is 0.235 e. The zero-order valence-corrected chi connectivity index (χ0v) is 19.2. The van der Waals surface area contributed by atoms with Crippen LogP contribution in [0.5, 0.6) is 0 Å². The first kappa shape index (κ1) is 21.1. The molecule has 4 atom stereocenters. The predicted octanol–water partition coefficient (Wildman–Crippen LogP) is 3.55. The van der Waals surface area contributed by atoms with Gasteiger partial charge in [-0.1, -0.05) is 58.4 Å². The number of carbonyl (C=O) groups is 3. The second-order valence-electron chi connectivity index (χ2n) is 8.36. The topological polar surface area (TPSA) is 66.9 Å². The van der Waals surface area contributed by atoms with Crippen molar-refractivity contribution in [1.29, 1.82) is 0 Å². The Labute approximate surface area is 195 Å². The van der Waals surface area contributed by atoms with Crippen LogP contribution in [0.15, 0.2) is 59.1 Å². The van der Waals surface area contributed by atoms with Crippen molar-refractivity contribution in [2.24, 2.45) is 11.8 Å². The average molecular weight is 495 g/mol. The third-order valence-corrected chi connectivity index (χ3v) is 7.11. The van der Waals surface area contributed by atoms with Crippen molar-refractivity contribution < 1.29 is 19.1 Å². The number of carbonyl (C=O) groups excluding carboxylic acids is 3. The summed E-state index contributed by atoms with van der Waals surface area (Å²) in [6.07, 6.45) is 4.53. The average Bonchev–Trinajstić information content (AvgIpc) is 3.27. The molecule has 0 aromatic heterocycles. The van der Waals surface area contributed by atoms with Gasteiger partial charge in [0.05, 0.1) is 17.9 Å². The highest BCUT2D eigenvalue weighted by Gasteiger charge is 2.63. The molecule has 7 heteroatoms. The third kappa shape index (κ3) is 3.22. The lowest BCUT2D eigenvalue weighted by molar-refractivity contribution is -0.140. The molecule has 0 aliphatic carbocycles. The van der Waals surface area contributed by atoms with Gasteiger partial charge in [-0.25, -0.2) is 0 Å². The van der Waals surface area contributed by atoms with E-state index in [4.69, 9.17) is 4.74 Å². The van der Waals surface area contributed by atoms with Crippen LogP contribution in [0.2, 0.25) is 0 Å². The lowest BCUT2D eigenvalue weighted by Crippen LogP contribution is -2.48. The highest BCUT2D eigenvalue weighted by atomic mass is 79.9. The summed E-state index contributed by atoms with van der Waals surface area (Å²) in [5, 5.41) is 0. The quantitative estimate of drug-likeness (QED) is 0.349. The van der Waals surface area contributed by atoms with E-state index in [1.54, 1.807) is 19.2 Å². The molecule has 6 nitrogen and oxygen atoms in total. The van der Waals surface area contributed by atoms with Gasteiger partial charge in [0.25, 0.3) is 0 Å². The van der Waals surface area contributed by atoms with Crippen LogP contribution in [0.4, 0.5) is 5.69 Å². The number of hydrogen-bond acceptors (Lipinski definition) is 5. The summed E-state index contributed by atoms with van der Waals surface area (Å²) in [7, 11) is 1.59. The number of hydrogen-bond donors (Lipinski definition) is 0. The second-order valence-corrected chi connectivity index (χ2v) is 9.28. The zero-order chi connectivity index (χ0) is 22.4. The van der Waals surface area contributed by atoms with Crippen molar-refractivity contribution in [3.05, 3.63) is 70.2 Å². The van der Waals surface area contributed by atoms with Crippen LogP contribution < -0.4 is 4.90 Å². The number of ketones is 1. The number of amides is 2. The largest absolute Gasteiger partial charge is 0.385 e. The minimum absolute atomic E-state index is 0.132. The fraction of sp³-hybridized carbons (Fsp3) is 0.320. The highest BCUT2D eigenvalue weighted by Crippen LogP contribution is 2.49. The molecule has 164 valence electrons. The fourth-order valence-electron chi connectivity index (χ4n) is 5.27. The molecule has 3 aliphatic rings. The molecule has 2 amide bonds. The zero-order valence-electron chi connectivity index (χ0n) is 17.6. The lowest BCUT2D eigenvalue weighted by Gasteiger charge is -2.36. The van der Waals surface area contributed by atoms with Gasteiger partial charge >= 0.3 is 0 Å². The number of anilines is 1. The number of likely N-dealkylation sites (tertiary alicyclic amines) is 1. The Morgan fingerprint density at radius 2 is 1.81 bits per heavy atom. The third-order valence-electron chi connectivity index (χ3n) is 6.62. The van der Waals surface area contributed by atoms with Crippen molar-refractivity contribution in [3.8, 4) is 0 Å². The lowest BCUT2D eigenvalue weighted by atomic mass is 9.86. The van der Waals surface area contributed by atoms with E-state index in [-0.39, 0.29) is 23.6 Å². The number of Topliss-reactive ketones (excluding diaryl/α,β-unsaturated/α-hetero) is 1. The van der Waals surface area contributed by atoms with Crippen molar-refractivity contribution in [2.45, 2.75) is 18.5 Å². The number of ether oxygens (including phenoxy) is 1. The van der Waals surface area contributed by atoms with E-state index < -0.39 is 17.9 Å². The molecule has 5 rings (SSSR count). The van der Waals surface area contributed by atoms with E-state index in [2.05, 4.69) is 15.9 Å². The van der Waals surface area contributed by atoms with Crippen molar-refractivity contribution in [1.82, 2.24) is 4.90 Å². The van der Waals surface area contributed by atoms with Crippen molar-refractivity contribution in [2.75, 3.05) is 25.2 Å². The Hall–Kier alpha value is -2.77. The fourth-order valence-corrected chi connectivity index (χ4v) is 5.65. The molecule has 0 radical (unpaired) electrons. The van der Waals surface area contributed by atoms with Crippen LogP contribution in [0.3, 0.4) is 0 Å². The molecule has 2 aromatic carbocycles. The predicted molar refractivity (Wildman–Crippen MR) is 124 cm³/mol. The number of halogens is 1. The van der Waals surface area contributed by atoms with Gasteiger partial charge in [-0.2, -0.15) is 0 Å². The summed E-state index contributed by atoms with van der Waals surface area (Å²) in [5.41, 5.74) is 2.37. The number of fused-ring (bicyclic) bond motifs is 5. The van der Waals surface area contributed by atoms with Crippen LogP contribution in [0.1, 0.15) is 22.3 Å². The molecule has 0 unspecified atom stereocenters. The Kier molecular flexibility index (Phi) is 5.47. The standard InChI is InChI=1S/C25H23BrN2O4/c1-32-13-5-12-27-24(30)20-19-10-8-16-14-17(26)9-11-18(16)28(19)22(21(20)25(27)31)23(29)15-6-3-2-4-7-15/h2-4,6-11,14,19-22H,5,12-13H2,1H3/t19-,20+,21+,22-/m0/s1. The summed E-state index contributed by atoms with van der Waals surface area (Å²) >= 11 is 3.50. The maximum atomic E-state index is 13.8. The van der Waals surface area contributed by atoms with Crippen LogP contribution in [-0.4, -0.2) is 54.8 Å². The first-order valence-corrected chi connectivity index (χ1v) is 11.5. The number of nitrogens with zero attached hydrogens (tertiary/aromatic N) is 2. The Morgan fingerprint density at radius 1 is 1.06 bits per heavy atom. The molecule has 2 saturated heterocycles. The summed E-state index contributed by atoms with van der Waals surface area (Å²) < 4.78 is 6.02. The molecular formula is C25H23BrN2O4. The maximum Gasteiger partial charge on any atom is 0.235 e. The van der Waals surface area contributed by atoms with Gasteiger partial charge in [0.15, 0.2) is 5.78 Å². The highest BCUT2D eigenvalue weighted by molar-refractivity contribution is 9.10.